The molecule has 2 aromatic carbocycles. The van der Waals surface area contributed by atoms with E-state index in [1.165, 1.54) is 18.2 Å². The fourth-order valence-corrected chi connectivity index (χ4v) is 3.27. The third-order valence-corrected chi connectivity index (χ3v) is 4.87. The molecule has 0 atom stereocenters. The lowest BCUT2D eigenvalue weighted by Crippen LogP contribution is -2.23. The Morgan fingerprint density at radius 2 is 2.00 bits per heavy atom. The molecule has 0 aliphatic heterocycles. The summed E-state index contributed by atoms with van der Waals surface area (Å²) < 4.78 is 33.1. The van der Waals surface area contributed by atoms with Crippen molar-refractivity contribution in [1.82, 2.24) is 4.72 Å². The van der Waals surface area contributed by atoms with E-state index in [-0.39, 0.29) is 4.90 Å². The molecule has 7 heteroatoms. The maximum Gasteiger partial charge on any atom is 0.240 e. The Bertz CT molecular complexity index is 748. The van der Waals surface area contributed by atoms with Crippen molar-refractivity contribution in [2.45, 2.75) is 11.8 Å². The molecule has 0 heterocycles. The molecule has 0 saturated carbocycles. The summed E-state index contributed by atoms with van der Waals surface area (Å²) in [6, 6.07) is 11.8. The highest BCUT2D eigenvalue weighted by Crippen LogP contribution is 2.30. The number of sulfonamides is 1. The summed E-state index contributed by atoms with van der Waals surface area (Å²) in [5.41, 5.74) is 6.23. The van der Waals surface area contributed by atoms with E-state index in [0.717, 1.165) is 3.57 Å². The molecule has 3 N–H and O–H groups in total. The molecule has 2 aromatic rings. The van der Waals surface area contributed by atoms with Gasteiger partial charge < -0.3 is 10.5 Å². The lowest BCUT2D eigenvalue weighted by Gasteiger charge is -2.11. The third-order valence-electron chi connectivity index (χ3n) is 2.65. The lowest BCUT2D eigenvalue weighted by molar-refractivity contribution is 0.482. The second kappa shape index (κ2) is 6.63. The first kappa shape index (κ1) is 16.1. The van der Waals surface area contributed by atoms with Crippen molar-refractivity contribution in [1.29, 1.82) is 0 Å². The molecular formula is C14H15IN2O3S. The standard InChI is InChI=1S/C14H15IN2O3S/c1-2-17-21(18,19)12-6-7-13(16)14(9-12)20-11-5-3-4-10(15)8-11/h3-9,17H,2,16H2,1H3. The predicted molar refractivity (Wildman–Crippen MR) is 90.9 cm³/mol. The largest absolute Gasteiger partial charge is 0.455 e. The first-order valence-corrected chi connectivity index (χ1v) is 8.81. The van der Waals surface area contributed by atoms with Crippen molar-refractivity contribution >= 4 is 38.3 Å². The molecule has 0 amide bonds. The Hall–Kier alpha value is -1.32. The van der Waals surface area contributed by atoms with Gasteiger partial charge in [-0.15, -0.1) is 0 Å². The smallest absolute Gasteiger partial charge is 0.240 e. The zero-order chi connectivity index (χ0) is 15.5. The maximum absolute atomic E-state index is 12.0. The molecule has 0 aliphatic rings. The quantitative estimate of drug-likeness (QED) is 0.578. The summed E-state index contributed by atoms with van der Waals surface area (Å²) in [7, 11) is -3.54. The summed E-state index contributed by atoms with van der Waals surface area (Å²) in [5, 5.41) is 0. The van der Waals surface area contributed by atoms with Gasteiger partial charge in [0.15, 0.2) is 5.75 Å². The van der Waals surface area contributed by atoms with Crippen molar-refractivity contribution in [3.05, 3.63) is 46.0 Å². The minimum atomic E-state index is -3.54. The SMILES string of the molecule is CCNS(=O)(=O)c1ccc(N)c(Oc2cccc(I)c2)c1. The first-order chi connectivity index (χ1) is 9.92. The van der Waals surface area contributed by atoms with Crippen LogP contribution in [0.3, 0.4) is 0 Å². The fraction of sp³-hybridized carbons (Fsp3) is 0.143. The summed E-state index contributed by atoms with van der Waals surface area (Å²) in [6.45, 7) is 2.04. The Morgan fingerprint density at radius 3 is 2.67 bits per heavy atom. The van der Waals surface area contributed by atoms with Crippen LogP contribution >= 0.6 is 22.6 Å². The van der Waals surface area contributed by atoms with Crippen LogP contribution in [-0.2, 0) is 10.0 Å². The molecule has 2 rings (SSSR count). The Kier molecular flexibility index (Phi) is 5.07. The van der Waals surface area contributed by atoms with E-state index < -0.39 is 10.0 Å². The van der Waals surface area contributed by atoms with Gasteiger partial charge in [-0.25, -0.2) is 13.1 Å². The van der Waals surface area contributed by atoms with E-state index in [1.807, 2.05) is 18.2 Å². The minimum absolute atomic E-state index is 0.124. The van der Waals surface area contributed by atoms with Crippen molar-refractivity contribution in [3.8, 4) is 11.5 Å². The summed E-state index contributed by atoms with van der Waals surface area (Å²) >= 11 is 2.17. The minimum Gasteiger partial charge on any atom is -0.455 e. The van der Waals surface area contributed by atoms with Crippen LogP contribution in [0.5, 0.6) is 11.5 Å². The van der Waals surface area contributed by atoms with Crippen molar-refractivity contribution in [2.75, 3.05) is 12.3 Å². The van der Waals surface area contributed by atoms with Crippen LogP contribution < -0.4 is 15.2 Å². The van der Waals surface area contributed by atoms with Crippen molar-refractivity contribution in [3.63, 3.8) is 0 Å². The highest BCUT2D eigenvalue weighted by molar-refractivity contribution is 14.1. The van der Waals surface area contributed by atoms with Gasteiger partial charge in [0, 0.05) is 16.2 Å². The number of ether oxygens (including phenoxy) is 1. The molecule has 0 aromatic heterocycles. The normalized spacial score (nSPS) is 11.3. The number of rotatable bonds is 5. The van der Waals surface area contributed by atoms with Gasteiger partial charge in [0.05, 0.1) is 10.6 Å². The zero-order valence-corrected chi connectivity index (χ0v) is 14.3. The monoisotopic (exact) mass is 418 g/mol. The summed E-state index contributed by atoms with van der Waals surface area (Å²) in [4.78, 5) is 0.124. The van der Waals surface area contributed by atoms with Crippen LogP contribution in [0.15, 0.2) is 47.4 Å². The molecule has 21 heavy (non-hydrogen) atoms. The van der Waals surface area contributed by atoms with Gasteiger partial charge in [-0.3, -0.25) is 0 Å². The first-order valence-electron chi connectivity index (χ1n) is 6.25. The van der Waals surface area contributed by atoms with Gasteiger partial charge in [-0.1, -0.05) is 13.0 Å². The van der Waals surface area contributed by atoms with E-state index in [1.54, 1.807) is 13.0 Å². The molecule has 0 aliphatic carbocycles. The molecule has 0 radical (unpaired) electrons. The van der Waals surface area contributed by atoms with Gasteiger partial charge in [-0.2, -0.15) is 0 Å². The number of hydrogen-bond acceptors (Lipinski definition) is 4. The van der Waals surface area contributed by atoms with Gasteiger partial charge in [-0.05, 0) is 52.9 Å². The van der Waals surface area contributed by atoms with Gasteiger partial charge in [0.1, 0.15) is 5.75 Å². The number of nitrogens with two attached hydrogens (primary N) is 1. The molecule has 0 saturated heterocycles. The van der Waals surface area contributed by atoms with Crippen LogP contribution in [-0.4, -0.2) is 15.0 Å². The van der Waals surface area contributed by atoms with E-state index in [4.69, 9.17) is 10.5 Å². The second-order valence-corrected chi connectivity index (χ2v) is 7.27. The number of anilines is 1. The van der Waals surface area contributed by atoms with Crippen molar-refractivity contribution in [2.24, 2.45) is 0 Å². The maximum atomic E-state index is 12.0. The fourth-order valence-electron chi connectivity index (χ4n) is 1.70. The van der Waals surface area contributed by atoms with E-state index >= 15 is 0 Å². The van der Waals surface area contributed by atoms with Crippen molar-refractivity contribution < 1.29 is 13.2 Å². The zero-order valence-electron chi connectivity index (χ0n) is 11.3. The lowest BCUT2D eigenvalue weighted by atomic mass is 10.3. The predicted octanol–water partition coefficient (Wildman–Crippen LogP) is 2.96. The van der Waals surface area contributed by atoms with Crippen LogP contribution in [0.1, 0.15) is 6.92 Å². The van der Waals surface area contributed by atoms with Gasteiger partial charge in [0.25, 0.3) is 0 Å². The molecule has 0 bridgehead atoms. The number of halogens is 1. The van der Waals surface area contributed by atoms with Crippen LogP contribution in [0.25, 0.3) is 0 Å². The van der Waals surface area contributed by atoms with E-state index in [2.05, 4.69) is 27.3 Å². The number of nitrogen functional groups attached to an aromatic ring is 1. The molecule has 0 spiro atoms. The average Bonchev–Trinajstić information content (AvgIpc) is 2.41. The highest BCUT2D eigenvalue weighted by atomic mass is 127. The highest BCUT2D eigenvalue weighted by Gasteiger charge is 2.15. The molecule has 5 nitrogen and oxygen atoms in total. The molecular weight excluding hydrogens is 403 g/mol. The average molecular weight is 418 g/mol. The van der Waals surface area contributed by atoms with Crippen LogP contribution in [0.4, 0.5) is 5.69 Å². The number of hydrogen-bond donors (Lipinski definition) is 2. The Morgan fingerprint density at radius 1 is 1.24 bits per heavy atom. The topological polar surface area (TPSA) is 81.4 Å². The van der Waals surface area contributed by atoms with E-state index in [9.17, 15) is 8.42 Å². The molecule has 0 fully saturated rings. The summed E-state index contributed by atoms with van der Waals surface area (Å²) in [5.74, 6) is 0.919. The van der Waals surface area contributed by atoms with E-state index in [0.29, 0.717) is 23.7 Å². The molecule has 112 valence electrons. The Labute approximate surface area is 137 Å². The second-order valence-electron chi connectivity index (χ2n) is 4.26. The Balaban J connectivity index is 2.36. The summed E-state index contributed by atoms with van der Waals surface area (Å²) in [6.07, 6.45) is 0. The number of nitrogens with one attached hydrogen (secondary N) is 1. The third kappa shape index (κ3) is 4.08. The number of benzene rings is 2. The van der Waals surface area contributed by atoms with Crippen LogP contribution in [0.2, 0.25) is 0 Å². The van der Waals surface area contributed by atoms with Gasteiger partial charge >= 0.3 is 0 Å². The molecule has 0 unspecified atom stereocenters. The van der Waals surface area contributed by atoms with Gasteiger partial charge in [0.2, 0.25) is 10.0 Å². The van der Waals surface area contributed by atoms with Crippen LogP contribution in [0, 0.1) is 3.57 Å².